The molecule has 4 atom stereocenters. The molecule has 7 heteroatoms. The van der Waals surface area contributed by atoms with Crippen LogP contribution < -0.4 is 10.1 Å². The molecule has 3 aromatic carbocycles. The van der Waals surface area contributed by atoms with Crippen molar-refractivity contribution >= 4 is 11.7 Å². The Morgan fingerprint density at radius 1 is 1.05 bits per heavy atom. The minimum absolute atomic E-state index is 0.0255. The van der Waals surface area contributed by atoms with E-state index in [2.05, 4.69) is 40.6 Å². The molecule has 5 aliphatic rings. The van der Waals surface area contributed by atoms with Crippen molar-refractivity contribution in [1.29, 1.82) is 5.26 Å². The van der Waals surface area contributed by atoms with Gasteiger partial charge in [0.15, 0.2) is 11.9 Å². The van der Waals surface area contributed by atoms with Crippen LogP contribution >= 0.6 is 0 Å². The first-order valence-electron chi connectivity index (χ1n) is 15.6. The fourth-order valence-corrected chi connectivity index (χ4v) is 8.47. The van der Waals surface area contributed by atoms with Gasteiger partial charge >= 0.3 is 0 Å². The van der Waals surface area contributed by atoms with Crippen molar-refractivity contribution < 1.29 is 19.4 Å². The first-order chi connectivity index (χ1) is 20.9. The number of carbonyl (C=O) groups is 2. The summed E-state index contributed by atoms with van der Waals surface area (Å²) in [7, 11) is 0. The zero-order valence-electron chi connectivity index (χ0n) is 24.1. The summed E-state index contributed by atoms with van der Waals surface area (Å²) in [6.07, 6.45) is 4.63. The van der Waals surface area contributed by atoms with E-state index in [1.807, 2.05) is 36.4 Å². The highest BCUT2D eigenvalue weighted by atomic mass is 16.5. The Labute approximate surface area is 251 Å². The molecule has 2 aliphatic heterocycles. The second-order valence-electron chi connectivity index (χ2n) is 13.1. The van der Waals surface area contributed by atoms with Crippen LogP contribution in [0, 0.1) is 17.2 Å². The summed E-state index contributed by atoms with van der Waals surface area (Å²) in [4.78, 5) is 29.3. The van der Waals surface area contributed by atoms with Gasteiger partial charge in [-0.25, -0.2) is 0 Å². The van der Waals surface area contributed by atoms with E-state index in [4.69, 9.17) is 10.00 Å². The highest BCUT2D eigenvalue weighted by Gasteiger charge is 2.73. The third-order valence-electron chi connectivity index (χ3n) is 10.8. The summed E-state index contributed by atoms with van der Waals surface area (Å²) >= 11 is 0. The van der Waals surface area contributed by atoms with Gasteiger partial charge in [-0.3, -0.25) is 14.5 Å². The largest absolute Gasteiger partial charge is 0.480 e. The monoisotopic (exact) mass is 573 g/mol. The Hall–Kier alpha value is -3.99. The SMILES string of the molecule is N#Cc1ccc(-c2ccc(CCNC(=O)c3ccc4c5c3O[C@H]3C(=O)CC[C@@]6(O)[C@@H](C4)N(CC4CC4)CC[C@]536)cc2)cc1. The first-order valence-corrected chi connectivity index (χ1v) is 15.6. The lowest BCUT2D eigenvalue weighted by Gasteiger charge is -2.62. The summed E-state index contributed by atoms with van der Waals surface area (Å²) in [5, 5.41) is 24.6. The Balaban J connectivity index is 1.02. The van der Waals surface area contributed by atoms with Crippen LogP contribution in [0.1, 0.15) is 64.7 Å². The van der Waals surface area contributed by atoms with Crippen molar-refractivity contribution in [3.63, 3.8) is 0 Å². The van der Waals surface area contributed by atoms with E-state index >= 15 is 0 Å². The van der Waals surface area contributed by atoms with Crippen LogP contribution in [0.25, 0.3) is 11.1 Å². The Kier molecular flexibility index (Phi) is 6.05. The molecule has 2 heterocycles. The van der Waals surface area contributed by atoms with Gasteiger partial charge < -0.3 is 15.2 Å². The average molecular weight is 574 g/mol. The normalized spacial score (nSPS) is 28.5. The third-order valence-corrected chi connectivity index (χ3v) is 10.8. The molecule has 0 radical (unpaired) electrons. The second-order valence-corrected chi connectivity index (χ2v) is 13.1. The number of nitrogens with zero attached hydrogens (tertiary/aromatic N) is 2. The number of ether oxygens (including phenoxy) is 1. The number of benzene rings is 3. The van der Waals surface area contributed by atoms with Gasteiger partial charge in [0.1, 0.15) is 5.75 Å². The molecular weight excluding hydrogens is 538 g/mol. The number of hydrogen-bond acceptors (Lipinski definition) is 6. The highest BCUT2D eigenvalue weighted by Crippen LogP contribution is 2.64. The van der Waals surface area contributed by atoms with Crippen LogP contribution in [-0.4, -0.2) is 59.1 Å². The van der Waals surface area contributed by atoms with Gasteiger partial charge in [0.05, 0.1) is 28.2 Å². The minimum atomic E-state index is -1.03. The topological polar surface area (TPSA) is 103 Å². The second kappa shape index (κ2) is 9.77. The number of ketones is 1. The maximum atomic E-state index is 13.5. The quantitative estimate of drug-likeness (QED) is 0.436. The number of nitrogens with one attached hydrogen (secondary N) is 1. The van der Waals surface area contributed by atoms with Crippen LogP contribution in [-0.2, 0) is 23.1 Å². The molecule has 3 aromatic rings. The van der Waals surface area contributed by atoms with E-state index in [0.29, 0.717) is 49.1 Å². The average Bonchev–Trinajstić information content (AvgIpc) is 3.77. The molecule has 3 fully saturated rings. The smallest absolute Gasteiger partial charge is 0.255 e. The van der Waals surface area contributed by atoms with Crippen molar-refractivity contribution in [2.24, 2.45) is 5.92 Å². The van der Waals surface area contributed by atoms with Gasteiger partial charge in [0.2, 0.25) is 0 Å². The lowest BCUT2D eigenvalue weighted by molar-refractivity contribution is -0.188. The fourth-order valence-electron chi connectivity index (χ4n) is 8.47. The Morgan fingerprint density at radius 3 is 2.51 bits per heavy atom. The van der Waals surface area contributed by atoms with E-state index in [-0.39, 0.29) is 17.7 Å². The molecule has 8 rings (SSSR count). The van der Waals surface area contributed by atoms with Crippen molar-refractivity contribution in [3.8, 4) is 22.9 Å². The third kappa shape index (κ3) is 4.00. The molecule has 1 amide bonds. The van der Waals surface area contributed by atoms with E-state index in [0.717, 1.165) is 53.2 Å². The number of hydrogen-bond donors (Lipinski definition) is 2. The summed E-state index contributed by atoms with van der Waals surface area (Å²) < 4.78 is 6.46. The predicted octanol–water partition coefficient (Wildman–Crippen LogP) is 4.33. The van der Waals surface area contributed by atoms with E-state index in [1.165, 1.54) is 12.8 Å². The Bertz CT molecular complexity index is 1670. The van der Waals surface area contributed by atoms with Crippen LogP contribution in [0.5, 0.6) is 5.75 Å². The summed E-state index contributed by atoms with van der Waals surface area (Å²) in [6.45, 7) is 2.32. The van der Waals surface area contributed by atoms with E-state index in [9.17, 15) is 14.7 Å². The number of Topliss-reactive ketones (excluding diaryl/α,β-unsaturated/α-hetero) is 1. The molecule has 0 unspecified atom stereocenters. The molecule has 1 spiro atoms. The number of rotatable bonds is 7. The van der Waals surface area contributed by atoms with Crippen molar-refractivity contribution in [3.05, 3.63) is 88.5 Å². The zero-order chi connectivity index (χ0) is 29.3. The maximum absolute atomic E-state index is 13.5. The summed E-state index contributed by atoms with van der Waals surface area (Å²) in [5.41, 5.74) is 4.54. The molecular formula is C36H35N3O4. The van der Waals surface area contributed by atoms with Gasteiger partial charge in [-0.2, -0.15) is 5.26 Å². The number of carbonyl (C=O) groups excluding carboxylic acids is 2. The molecule has 2 bridgehead atoms. The molecule has 1 saturated heterocycles. The van der Waals surface area contributed by atoms with Crippen LogP contribution in [0.3, 0.4) is 0 Å². The van der Waals surface area contributed by atoms with Crippen LogP contribution in [0.4, 0.5) is 0 Å². The molecule has 7 nitrogen and oxygen atoms in total. The summed E-state index contributed by atoms with van der Waals surface area (Å²) in [5.74, 6) is 1.06. The fraction of sp³-hybridized carbons (Fsp3) is 0.417. The number of amides is 1. The van der Waals surface area contributed by atoms with Crippen molar-refractivity contribution in [1.82, 2.24) is 10.2 Å². The highest BCUT2D eigenvalue weighted by molar-refractivity contribution is 5.99. The zero-order valence-corrected chi connectivity index (χ0v) is 24.1. The molecule has 218 valence electrons. The van der Waals surface area contributed by atoms with Gasteiger partial charge in [-0.05, 0) is 91.4 Å². The van der Waals surface area contributed by atoms with Gasteiger partial charge in [-0.15, -0.1) is 0 Å². The standard InChI is InChI=1S/C36H35N3O4/c37-20-23-5-9-26(10-6-23)25-7-3-22(4-8-25)14-17-38-34(41)28-12-11-27-19-30-36(42)15-13-29(40)33-35(36,31(27)32(28)43-33)16-18-39(30)21-24-1-2-24/h3-12,24,30,33,42H,1-2,13-19,21H2,(H,38,41)/t30-,33+,35+,36-/m1/s1. The van der Waals surface area contributed by atoms with Crippen molar-refractivity contribution in [2.45, 2.75) is 68.1 Å². The lowest BCUT2D eigenvalue weighted by atomic mass is 9.49. The predicted molar refractivity (Wildman–Crippen MR) is 161 cm³/mol. The van der Waals surface area contributed by atoms with Crippen LogP contribution in [0.2, 0.25) is 0 Å². The van der Waals surface area contributed by atoms with E-state index < -0.39 is 17.1 Å². The molecule has 43 heavy (non-hydrogen) atoms. The first kappa shape index (κ1) is 26.6. The van der Waals surface area contributed by atoms with Crippen molar-refractivity contribution in [2.75, 3.05) is 19.6 Å². The minimum Gasteiger partial charge on any atom is -0.480 e. The van der Waals surface area contributed by atoms with Crippen LogP contribution in [0.15, 0.2) is 60.7 Å². The van der Waals surface area contributed by atoms with E-state index in [1.54, 1.807) is 0 Å². The maximum Gasteiger partial charge on any atom is 0.255 e. The van der Waals surface area contributed by atoms with Gasteiger partial charge in [-0.1, -0.05) is 42.5 Å². The number of nitriles is 1. The molecule has 0 aromatic heterocycles. The molecule has 2 saturated carbocycles. The number of likely N-dealkylation sites (tertiary alicyclic amines) is 1. The summed E-state index contributed by atoms with van der Waals surface area (Å²) in [6, 6.07) is 21.8. The lowest BCUT2D eigenvalue weighted by Crippen LogP contribution is -2.76. The van der Waals surface area contributed by atoms with Gasteiger partial charge in [0, 0.05) is 31.1 Å². The number of piperidine rings is 1. The number of aliphatic hydroxyl groups is 1. The van der Waals surface area contributed by atoms with Gasteiger partial charge in [0.25, 0.3) is 5.91 Å². The molecule has 3 aliphatic carbocycles. The molecule has 2 N–H and O–H groups in total. The Morgan fingerprint density at radius 2 is 1.79 bits per heavy atom.